The first-order chi connectivity index (χ1) is 9.58. The molecule has 0 fully saturated rings. The molecule has 3 rings (SSSR count). The second kappa shape index (κ2) is 4.71. The summed E-state index contributed by atoms with van der Waals surface area (Å²) in [5.74, 6) is 0.466. The summed E-state index contributed by atoms with van der Waals surface area (Å²) in [6.45, 7) is 3.81. The van der Waals surface area contributed by atoms with Crippen molar-refractivity contribution in [1.82, 2.24) is 9.97 Å². The third-order valence-electron chi connectivity index (χ3n) is 4.09. The van der Waals surface area contributed by atoms with Gasteiger partial charge in [0.15, 0.2) is 5.78 Å². The van der Waals surface area contributed by atoms with Crippen molar-refractivity contribution >= 4 is 11.7 Å². The zero-order chi connectivity index (χ0) is 14.3. The van der Waals surface area contributed by atoms with Crippen molar-refractivity contribution in [3.63, 3.8) is 0 Å². The number of nitrogens with zero attached hydrogens (tertiary/aromatic N) is 2. The molecule has 1 aliphatic carbocycles. The smallest absolute Gasteiger partial charge is 0.220 e. The number of anilines is 1. The molecule has 2 N–H and O–H groups in total. The number of hydrogen-bond donors (Lipinski definition) is 1. The highest BCUT2D eigenvalue weighted by atomic mass is 16.1. The highest BCUT2D eigenvalue weighted by Gasteiger charge is 2.35. The van der Waals surface area contributed by atoms with E-state index in [1.807, 2.05) is 32.0 Å². The van der Waals surface area contributed by atoms with Crippen LogP contribution in [0.25, 0.3) is 0 Å². The van der Waals surface area contributed by atoms with E-state index in [9.17, 15) is 4.79 Å². The van der Waals surface area contributed by atoms with E-state index in [-0.39, 0.29) is 23.6 Å². The van der Waals surface area contributed by atoms with Crippen LogP contribution >= 0.6 is 0 Å². The first-order valence-corrected chi connectivity index (χ1v) is 6.80. The summed E-state index contributed by atoms with van der Waals surface area (Å²) in [5, 5.41) is 0. The second-order valence-electron chi connectivity index (χ2n) is 5.36. The Balaban J connectivity index is 2.09. The van der Waals surface area contributed by atoms with Gasteiger partial charge >= 0.3 is 0 Å². The molecule has 102 valence electrons. The SMILES string of the molecule is Cc1nc(N)nc2c1C(=O)C(C)C(c1ccccc1)C2. The van der Waals surface area contributed by atoms with Gasteiger partial charge in [-0.3, -0.25) is 4.79 Å². The van der Waals surface area contributed by atoms with Crippen LogP contribution in [0.15, 0.2) is 30.3 Å². The fourth-order valence-corrected chi connectivity index (χ4v) is 3.03. The summed E-state index contributed by atoms with van der Waals surface area (Å²) in [7, 11) is 0. The van der Waals surface area contributed by atoms with Crippen LogP contribution in [0.4, 0.5) is 5.95 Å². The Labute approximate surface area is 118 Å². The van der Waals surface area contributed by atoms with Gasteiger partial charge in [0, 0.05) is 5.92 Å². The lowest BCUT2D eigenvalue weighted by atomic mass is 9.74. The van der Waals surface area contributed by atoms with Crippen LogP contribution in [0.1, 0.15) is 40.2 Å². The van der Waals surface area contributed by atoms with Crippen molar-refractivity contribution in [1.29, 1.82) is 0 Å². The number of ketones is 1. The Bertz CT molecular complexity index is 667. The van der Waals surface area contributed by atoms with Gasteiger partial charge in [0.2, 0.25) is 5.95 Å². The quantitative estimate of drug-likeness (QED) is 0.862. The molecule has 4 heteroatoms. The number of rotatable bonds is 1. The summed E-state index contributed by atoms with van der Waals surface area (Å²) in [6, 6.07) is 10.1. The molecule has 1 aromatic carbocycles. The first kappa shape index (κ1) is 12.8. The molecule has 1 aromatic heterocycles. The maximum absolute atomic E-state index is 12.6. The first-order valence-electron chi connectivity index (χ1n) is 6.80. The van der Waals surface area contributed by atoms with Crippen molar-refractivity contribution in [3.8, 4) is 0 Å². The van der Waals surface area contributed by atoms with Gasteiger partial charge in [0.25, 0.3) is 0 Å². The van der Waals surface area contributed by atoms with Gasteiger partial charge < -0.3 is 5.73 Å². The molecule has 0 saturated heterocycles. The zero-order valence-electron chi connectivity index (χ0n) is 11.6. The van der Waals surface area contributed by atoms with Gasteiger partial charge in [-0.05, 0) is 24.8 Å². The van der Waals surface area contributed by atoms with E-state index >= 15 is 0 Å². The molecule has 0 saturated carbocycles. The molecule has 2 atom stereocenters. The molecule has 0 amide bonds. The maximum atomic E-state index is 12.6. The Kier molecular flexibility index (Phi) is 3.01. The van der Waals surface area contributed by atoms with Crippen LogP contribution in [0.2, 0.25) is 0 Å². The average Bonchev–Trinajstić information content (AvgIpc) is 2.43. The van der Waals surface area contributed by atoms with E-state index in [1.165, 1.54) is 5.56 Å². The number of nitrogen functional groups attached to an aromatic ring is 1. The lowest BCUT2D eigenvalue weighted by molar-refractivity contribution is 0.0895. The maximum Gasteiger partial charge on any atom is 0.220 e. The summed E-state index contributed by atoms with van der Waals surface area (Å²) in [6.07, 6.45) is 0.736. The van der Waals surface area contributed by atoms with Gasteiger partial charge in [0.05, 0.1) is 17.0 Å². The largest absolute Gasteiger partial charge is 0.368 e. The van der Waals surface area contributed by atoms with Gasteiger partial charge in [-0.15, -0.1) is 0 Å². The molecule has 2 aromatic rings. The van der Waals surface area contributed by atoms with Crippen LogP contribution in [0.3, 0.4) is 0 Å². The minimum Gasteiger partial charge on any atom is -0.368 e. The van der Waals surface area contributed by atoms with Gasteiger partial charge in [-0.1, -0.05) is 37.3 Å². The van der Waals surface area contributed by atoms with Crippen LogP contribution in [0, 0.1) is 12.8 Å². The number of aryl methyl sites for hydroxylation is 1. The summed E-state index contributed by atoms with van der Waals surface area (Å²) < 4.78 is 0. The number of hydrogen-bond acceptors (Lipinski definition) is 4. The van der Waals surface area contributed by atoms with Gasteiger partial charge in [0.1, 0.15) is 0 Å². The van der Waals surface area contributed by atoms with E-state index < -0.39 is 0 Å². The Hall–Kier alpha value is -2.23. The summed E-state index contributed by atoms with van der Waals surface area (Å²) >= 11 is 0. The van der Waals surface area contributed by atoms with Crippen molar-refractivity contribution < 1.29 is 4.79 Å². The van der Waals surface area contributed by atoms with E-state index in [4.69, 9.17) is 5.73 Å². The Morgan fingerprint density at radius 2 is 1.90 bits per heavy atom. The number of carbonyl (C=O) groups is 1. The van der Waals surface area contributed by atoms with Crippen molar-refractivity contribution in [2.24, 2.45) is 5.92 Å². The summed E-state index contributed by atoms with van der Waals surface area (Å²) in [4.78, 5) is 21.0. The van der Waals surface area contributed by atoms with Crippen LogP contribution < -0.4 is 5.73 Å². The zero-order valence-corrected chi connectivity index (χ0v) is 11.6. The number of nitrogens with two attached hydrogens (primary N) is 1. The molecule has 1 aliphatic rings. The second-order valence-corrected chi connectivity index (χ2v) is 5.36. The fraction of sp³-hybridized carbons (Fsp3) is 0.312. The Morgan fingerprint density at radius 1 is 1.20 bits per heavy atom. The monoisotopic (exact) mass is 267 g/mol. The number of fused-ring (bicyclic) bond motifs is 1. The number of aromatic nitrogens is 2. The third-order valence-corrected chi connectivity index (χ3v) is 4.09. The molecule has 0 aliphatic heterocycles. The molecule has 0 bridgehead atoms. The van der Waals surface area contributed by atoms with Crippen LogP contribution in [-0.2, 0) is 6.42 Å². The van der Waals surface area contributed by atoms with Crippen LogP contribution in [0.5, 0.6) is 0 Å². The van der Waals surface area contributed by atoms with E-state index in [0.29, 0.717) is 11.3 Å². The van der Waals surface area contributed by atoms with Crippen LogP contribution in [-0.4, -0.2) is 15.8 Å². The topological polar surface area (TPSA) is 68.9 Å². The minimum atomic E-state index is -0.0594. The molecule has 20 heavy (non-hydrogen) atoms. The van der Waals surface area contributed by atoms with Gasteiger partial charge in [-0.25, -0.2) is 9.97 Å². The van der Waals surface area contributed by atoms with Gasteiger partial charge in [-0.2, -0.15) is 0 Å². The highest BCUT2D eigenvalue weighted by molar-refractivity contribution is 6.01. The number of carbonyl (C=O) groups excluding carboxylic acids is 1. The predicted octanol–water partition coefficient (Wildman–Crippen LogP) is 2.53. The molecule has 4 nitrogen and oxygen atoms in total. The third kappa shape index (κ3) is 1.97. The van der Waals surface area contributed by atoms with Crippen molar-refractivity contribution in [2.45, 2.75) is 26.2 Å². The number of Topliss-reactive ketones (excluding diaryl/α,β-unsaturated/α-hetero) is 1. The Morgan fingerprint density at radius 3 is 2.60 bits per heavy atom. The highest BCUT2D eigenvalue weighted by Crippen LogP contribution is 2.37. The normalized spacial score (nSPS) is 21.6. The molecular weight excluding hydrogens is 250 g/mol. The van der Waals surface area contributed by atoms with Crippen molar-refractivity contribution in [2.75, 3.05) is 5.73 Å². The minimum absolute atomic E-state index is 0.0594. The van der Waals surface area contributed by atoms with E-state index in [2.05, 4.69) is 22.1 Å². The fourth-order valence-electron chi connectivity index (χ4n) is 3.03. The summed E-state index contributed by atoms with van der Waals surface area (Å²) in [5.41, 5.74) is 9.03. The predicted molar refractivity (Wildman–Crippen MR) is 77.6 cm³/mol. The molecule has 2 unspecified atom stereocenters. The molecule has 0 spiro atoms. The van der Waals surface area contributed by atoms with E-state index in [1.54, 1.807) is 0 Å². The number of benzene rings is 1. The average molecular weight is 267 g/mol. The van der Waals surface area contributed by atoms with E-state index in [0.717, 1.165) is 12.1 Å². The molecular formula is C16H17N3O. The molecule has 0 radical (unpaired) electrons. The standard InChI is InChI=1S/C16H17N3O/c1-9-12(11-6-4-3-5-7-11)8-13-14(15(9)20)10(2)18-16(17)19-13/h3-7,9,12H,8H2,1-2H3,(H2,17,18,19). The lowest BCUT2D eigenvalue weighted by Crippen LogP contribution is -2.30. The lowest BCUT2D eigenvalue weighted by Gasteiger charge is -2.29. The molecule has 1 heterocycles. The van der Waals surface area contributed by atoms with Crippen molar-refractivity contribution in [3.05, 3.63) is 52.8 Å².